The Hall–Kier alpha value is -1.87. The Morgan fingerprint density at radius 2 is 1.76 bits per heavy atom. The fraction of sp³-hybridized carbons (Fsp3) is 0.696. The molecule has 0 atom stereocenters. The highest BCUT2D eigenvalue weighted by molar-refractivity contribution is 7.16. The lowest BCUT2D eigenvalue weighted by molar-refractivity contribution is -0.154. The van der Waals surface area contributed by atoms with Crippen molar-refractivity contribution in [3.05, 3.63) is 16.0 Å². The summed E-state index contributed by atoms with van der Waals surface area (Å²) >= 11 is 1.50. The van der Waals surface area contributed by atoms with E-state index in [4.69, 9.17) is 4.74 Å². The summed E-state index contributed by atoms with van der Waals surface area (Å²) in [6.45, 7) is -0.265. The van der Waals surface area contributed by atoms with Crippen molar-refractivity contribution in [1.82, 2.24) is 0 Å². The molecule has 0 aliphatic heterocycles. The van der Waals surface area contributed by atoms with Gasteiger partial charge in [0.1, 0.15) is 11.1 Å². The first kappa shape index (κ1) is 19.1. The summed E-state index contributed by atoms with van der Waals surface area (Å²) in [6, 6.07) is 2.25. The molecule has 1 aromatic heterocycles. The molecular weight excluding hydrogens is 384 g/mol. The van der Waals surface area contributed by atoms with Crippen LogP contribution in [0.3, 0.4) is 0 Å². The van der Waals surface area contributed by atoms with Gasteiger partial charge in [-0.25, -0.2) is 0 Å². The molecule has 1 aromatic rings. The molecule has 0 radical (unpaired) electrons. The van der Waals surface area contributed by atoms with Gasteiger partial charge in [0.15, 0.2) is 6.61 Å². The molecular formula is C23H28N2O3S. The van der Waals surface area contributed by atoms with Crippen LogP contribution in [0.1, 0.15) is 73.8 Å². The number of carbonyl (C=O) groups excluding carboxylic acids is 2. The minimum absolute atomic E-state index is 0.128. The summed E-state index contributed by atoms with van der Waals surface area (Å²) in [6.07, 6.45) is 12.1. The van der Waals surface area contributed by atoms with Crippen molar-refractivity contribution >= 4 is 28.2 Å². The van der Waals surface area contributed by atoms with Gasteiger partial charge < -0.3 is 10.1 Å². The minimum Gasteiger partial charge on any atom is -0.456 e. The predicted molar refractivity (Wildman–Crippen MR) is 110 cm³/mol. The molecule has 29 heavy (non-hydrogen) atoms. The smallest absolute Gasteiger partial charge is 0.306 e. The Morgan fingerprint density at radius 1 is 1.10 bits per heavy atom. The Kier molecular flexibility index (Phi) is 4.90. The van der Waals surface area contributed by atoms with Crippen LogP contribution in [0.15, 0.2) is 0 Å². The van der Waals surface area contributed by atoms with E-state index in [1.165, 1.54) is 35.5 Å². The maximum atomic E-state index is 12.5. The SMILES string of the molecule is N#Cc1c(NC(=O)COC(=O)CC23CC4CC(CC(C4)C2)C3)sc2c1CCCC2. The summed E-state index contributed by atoms with van der Waals surface area (Å²) in [7, 11) is 0. The summed E-state index contributed by atoms with van der Waals surface area (Å²) in [4.78, 5) is 26.1. The molecule has 4 saturated carbocycles. The van der Waals surface area contributed by atoms with Crippen LogP contribution in [-0.2, 0) is 27.2 Å². The largest absolute Gasteiger partial charge is 0.456 e. The molecule has 1 heterocycles. The summed E-state index contributed by atoms with van der Waals surface area (Å²) in [5.74, 6) is 1.80. The third-order valence-electron chi connectivity index (χ3n) is 7.58. The van der Waals surface area contributed by atoms with E-state index in [2.05, 4.69) is 11.4 Å². The number of esters is 1. The lowest BCUT2D eigenvalue weighted by atomic mass is 9.49. The molecule has 0 spiro atoms. The zero-order valence-electron chi connectivity index (χ0n) is 16.8. The Balaban J connectivity index is 1.16. The van der Waals surface area contributed by atoms with Crippen LogP contribution < -0.4 is 5.32 Å². The van der Waals surface area contributed by atoms with E-state index in [0.717, 1.165) is 68.3 Å². The fourth-order valence-electron chi connectivity index (χ4n) is 6.94. The number of thiophene rings is 1. The number of nitriles is 1. The zero-order chi connectivity index (χ0) is 20.0. The Labute approximate surface area is 175 Å². The quantitative estimate of drug-likeness (QED) is 0.718. The van der Waals surface area contributed by atoms with Crippen molar-refractivity contribution in [3.63, 3.8) is 0 Å². The molecule has 4 fully saturated rings. The predicted octanol–water partition coefficient (Wildman–Crippen LogP) is 4.59. The van der Waals surface area contributed by atoms with E-state index in [0.29, 0.717) is 17.0 Å². The topological polar surface area (TPSA) is 79.2 Å². The van der Waals surface area contributed by atoms with Gasteiger partial charge in [-0.15, -0.1) is 11.3 Å². The van der Waals surface area contributed by atoms with Crippen LogP contribution in [0.5, 0.6) is 0 Å². The number of aryl methyl sites for hydroxylation is 1. The van der Waals surface area contributed by atoms with Gasteiger partial charge in [0.05, 0.1) is 12.0 Å². The molecule has 6 rings (SSSR count). The average Bonchev–Trinajstić information content (AvgIpc) is 3.01. The normalized spacial score (nSPS) is 31.8. The number of rotatable bonds is 5. The van der Waals surface area contributed by atoms with Crippen LogP contribution in [0.25, 0.3) is 0 Å². The van der Waals surface area contributed by atoms with Gasteiger partial charge in [-0.05, 0) is 92.9 Å². The van der Waals surface area contributed by atoms with Crippen LogP contribution in [0.2, 0.25) is 0 Å². The second-order valence-electron chi connectivity index (χ2n) is 9.83. The first-order valence-electron chi connectivity index (χ1n) is 11.0. The zero-order valence-corrected chi connectivity index (χ0v) is 17.6. The van der Waals surface area contributed by atoms with Crippen molar-refractivity contribution in [2.75, 3.05) is 11.9 Å². The van der Waals surface area contributed by atoms with Crippen molar-refractivity contribution in [1.29, 1.82) is 5.26 Å². The molecule has 0 unspecified atom stereocenters. The van der Waals surface area contributed by atoms with Gasteiger partial charge in [0, 0.05) is 4.88 Å². The van der Waals surface area contributed by atoms with E-state index in [1.54, 1.807) is 0 Å². The number of fused-ring (bicyclic) bond motifs is 1. The van der Waals surface area contributed by atoms with Crippen LogP contribution in [0, 0.1) is 34.5 Å². The maximum Gasteiger partial charge on any atom is 0.306 e. The number of carbonyl (C=O) groups is 2. The highest BCUT2D eigenvalue weighted by Gasteiger charge is 2.51. The van der Waals surface area contributed by atoms with Crippen LogP contribution in [0.4, 0.5) is 5.00 Å². The second-order valence-corrected chi connectivity index (χ2v) is 10.9. The number of hydrogen-bond donors (Lipinski definition) is 1. The Bertz CT molecular complexity index is 846. The third kappa shape index (κ3) is 3.70. The molecule has 5 aliphatic carbocycles. The van der Waals surface area contributed by atoms with E-state index >= 15 is 0 Å². The summed E-state index contributed by atoms with van der Waals surface area (Å²) in [5, 5.41) is 12.9. The molecule has 6 heteroatoms. The van der Waals surface area contributed by atoms with E-state index in [-0.39, 0.29) is 23.9 Å². The van der Waals surface area contributed by atoms with E-state index in [1.807, 2.05) is 0 Å². The summed E-state index contributed by atoms with van der Waals surface area (Å²) in [5.41, 5.74) is 1.82. The van der Waals surface area contributed by atoms with Crippen molar-refractivity contribution in [3.8, 4) is 6.07 Å². The van der Waals surface area contributed by atoms with Crippen LogP contribution >= 0.6 is 11.3 Å². The van der Waals surface area contributed by atoms with Gasteiger partial charge in [-0.1, -0.05) is 0 Å². The lowest BCUT2D eigenvalue weighted by Gasteiger charge is -2.56. The first-order valence-corrected chi connectivity index (χ1v) is 11.9. The van der Waals surface area contributed by atoms with Crippen molar-refractivity contribution in [2.24, 2.45) is 23.2 Å². The van der Waals surface area contributed by atoms with E-state index in [9.17, 15) is 14.9 Å². The summed E-state index contributed by atoms with van der Waals surface area (Å²) < 4.78 is 5.36. The third-order valence-corrected chi connectivity index (χ3v) is 8.79. The molecule has 1 amide bonds. The molecule has 0 aromatic carbocycles. The molecule has 4 bridgehead atoms. The Morgan fingerprint density at radius 3 is 2.41 bits per heavy atom. The first-order chi connectivity index (χ1) is 14.0. The maximum absolute atomic E-state index is 12.5. The van der Waals surface area contributed by atoms with Gasteiger partial charge in [-0.2, -0.15) is 5.26 Å². The van der Waals surface area contributed by atoms with Crippen molar-refractivity contribution in [2.45, 2.75) is 70.6 Å². The second kappa shape index (κ2) is 7.43. The van der Waals surface area contributed by atoms with E-state index < -0.39 is 0 Å². The van der Waals surface area contributed by atoms with Gasteiger partial charge in [0.2, 0.25) is 0 Å². The molecule has 154 valence electrons. The molecule has 5 aliphatic rings. The molecule has 0 saturated heterocycles. The minimum atomic E-state index is -0.348. The monoisotopic (exact) mass is 412 g/mol. The lowest BCUT2D eigenvalue weighted by Crippen LogP contribution is -2.47. The highest BCUT2D eigenvalue weighted by atomic mass is 32.1. The van der Waals surface area contributed by atoms with Crippen molar-refractivity contribution < 1.29 is 14.3 Å². The number of nitrogens with zero attached hydrogens (tertiary/aromatic N) is 1. The van der Waals surface area contributed by atoms with Gasteiger partial charge in [0.25, 0.3) is 5.91 Å². The highest BCUT2D eigenvalue weighted by Crippen LogP contribution is 2.61. The number of anilines is 1. The standard InChI is InChI=1S/C23H28N2O3S/c24-12-18-17-3-1-2-4-19(17)29-22(18)25-20(26)13-28-21(27)11-23-8-14-5-15(9-23)7-16(6-14)10-23/h14-16H,1-11,13H2,(H,25,26). The number of nitrogens with one attached hydrogen (secondary N) is 1. The van der Waals surface area contributed by atoms with Gasteiger partial charge in [-0.3, -0.25) is 9.59 Å². The molecule has 5 nitrogen and oxygen atoms in total. The fourth-order valence-corrected chi connectivity index (χ4v) is 8.20. The average molecular weight is 413 g/mol. The van der Waals surface area contributed by atoms with Gasteiger partial charge >= 0.3 is 5.97 Å². The molecule has 1 N–H and O–H groups in total. The number of hydrogen-bond acceptors (Lipinski definition) is 5. The number of ether oxygens (including phenoxy) is 1. The van der Waals surface area contributed by atoms with Crippen LogP contribution in [-0.4, -0.2) is 18.5 Å². The number of amides is 1.